The van der Waals surface area contributed by atoms with Gasteiger partial charge in [0, 0.05) is 10.6 Å². The summed E-state index contributed by atoms with van der Waals surface area (Å²) in [6.45, 7) is 0.147. The van der Waals surface area contributed by atoms with Crippen LogP contribution in [0, 0.1) is 0 Å². The van der Waals surface area contributed by atoms with E-state index in [-0.39, 0.29) is 28.0 Å². The third kappa shape index (κ3) is 4.88. The normalized spacial score (nSPS) is 15.1. The molecule has 0 atom stereocenters. The maximum atomic E-state index is 13.0. The largest absolute Gasteiger partial charge is 0.486 e. The maximum Gasteiger partial charge on any atom is 0.335 e. The Kier molecular flexibility index (Phi) is 6.70. The Morgan fingerprint density at radius 3 is 2.15 bits per heavy atom. The van der Waals surface area contributed by atoms with Crippen molar-refractivity contribution in [2.75, 3.05) is 4.90 Å². The molecule has 1 N–H and O–H groups in total. The first kappa shape index (κ1) is 22.9. The highest BCUT2D eigenvalue weighted by Gasteiger charge is 2.36. The zero-order valence-corrected chi connectivity index (χ0v) is 19.1. The van der Waals surface area contributed by atoms with Crippen LogP contribution in [0.2, 0.25) is 15.1 Å². The van der Waals surface area contributed by atoms with Crippen molar-refractivity contribution in [2.24, 2.45) is 0 Å². The fourth-order valence-corrected chi connectivity index (χ4v) is 4.01. The summed E-state index contributed by atoms with van der Waals surface area (Å²) in [5, 5.41) is 3.08. The average Bonchev–Trinajstić information content (AvgIpc) is 2.78. The van der Waals surface area contributed by atoms with Gasteiger partial charge >= 0.3 is 6.03 Å². The molecule has 1 heterocycles. The van der Waals surface area contributed by atoms with Crippen LogP contribution in [-0.4, -0.2) is 17.8 Å². The third-order valence-corrected chi connectivity index (χ3v) is 5.71. The minimum atomic E-state index is -0.826. The molecular formula is C24H15Cl3N2O4. The average molecular weight is 502 g/mol. The number of nitrogens with zero attached hydrogens (tertiary/aromatic N) is 1. The van der Waals surface area contributed by atoms with E-state index in [1.54, 1.807) is 36.4 Å². The van der Waals surface area contributed by atoms with Crippen LogP contribution in [0.4, 0.5) is 10.5 Å². The number of carbonyl (C=O) groups is 3. The molecule has 0 bridgehead atoms. The second kappa shape index (κ2) is 9.67. The lowest BCUT2D eigenvalue weighted by Crippen LogP contribution is -2.54. The van der Waals surface area contributed by atoms with Gasteiger partial charge in [-0.2, -0.15) is 0 Å². The lowest BCUT2D eigenvalue weighted by atomic mass is 10.1. The molecule has 3 aromatic carbocycles. The van der Waals surface area contributed by atoms with Crippen molar-refractivity contribution >= 4 is 64.4 Å². The highest BCUT2D eigenvalue weighted by Crippen LogP contribution is 2.36. The smallest absolute Gasteiger partial charge is 0.335 e. The molecule has 166 valence electrons. The summed E-state index contributed by atoms with van der Waals surface area (Å²) in [7, 11) is 0. The first-order chi connectivity index (χ1) is 15.8. The molecule has 6 nitrogen and oxygen atoms in total. The van der Waals surface area contributed by atoms with Crippen molar-refractivity contribution in [2.45, 2.75) is 6.61 Å². The summed E-state index contributed by atoms with van der Waals surface area (Å²) < 4.78 is 5.74. The van der Waals surface area contributed by atoms with Crippen LogP contribution >= 0.6 is 34.8 Å². The van der Waals surface area contributed by atoms with Gasteiger partial charge in [-0.3, -0.25) is 14.9 Å². The van der Waals surface area contributed by atoms with Gasteiger partial charge < -0.3 is 4.74 Å². The Morgan fingerprint density at radius 2 is 1.48 bits per heavy atom. The number of imide groups is 2. The number of halogens is 3. The zero-order valence-electron chi connectivity index (χ0n) is 16.8. The van der Waals surface area contributed by atoms with Gasteiger partial charge in [0.05, 0.1) is 15.7 Å². The molecule has 0 aromatic heterocycles. The van der Waals surface area contributed by atoms with Gasteiger partial charge in [0.25, 0.3) is 11.8 Å². The monoisotopic (exact) mass is 500 g/mol. The van der Waals surface area contributed by atoms with Gasteiger partial charge in [0.2, 0.25) is 0 Å². The Hall–Kier alpha value is -3.32. The van der Waals surface area contributed by atoms with Crippen LogP contribution in [-0.2, 0) is 16.2 Å². The predicted molar refractivity (Wildman–Crippen MR) is 128 cm³/mol. The first-order valence-electron chi connectivity index (χ1n) is 9.67. The number of benzene rings is 3. The zero-order chi connectivity index (χ0) is 23.5. The van der Waals surface area contributed by atoms with Crippen molar-refractivity contribution < 1.29 is 19.1 Å². The van der Waals surface area contributed by atoms with Crippen molar-refractivity contribution in [3.8, 4) is 5.75 Å². The molecule has 0 spiro atoms. The molecule has 4 rings (SSSR count). The van der Waals surface area contributed by atoms with Crippen LogP contribution in [0.5, 0.6) is 5.75 Å². The molecule has 4 amide bonds. The van der Waals surface area contributed by atoms with E-state index in [0.29, 0.717) is 16.3 Å². The van der Waals surface area contributed by atoms with Gasteiger partial charge in [-0.1, -0.05) is 71.2 Å². The Bertz CT molecular complexity index is 1270. The number of nitrogens with one attached hydrogen (secondary N) is 1. The van der Waals surface area contributed by atoms with Gasteiger partial charge in [-0.25, -0.2) is 9.69 Å². The number of anilines is 1. The van der Waals surface area contributed by atoms with E-state index in [2.05, 4.69) is 5.32 Å². The van der Waals surface area contributed by atoms with Crippen LogP contribution in [0.3, 0.4) is 0 Å². The summed E-state index contributed by atoms with van der Waals surface area (Å²) >= 11 is 18.9. The molecule has 3 aromatic rings. The van der Waals surface area contributed by atoms with E-state index in [1.165, 1.54) is 18.2 Å². The van der Waals surface area contributed by atoms with Crippen LogP contribution in [0.1, 0.15) is 11.1 Å². The molecule has 0 aliphatic carbocycles. The highest BCUT2D eigenvalue weighted by molar-refractivity contribution is 6.40. The molecule has 0 unspecified atom stereocenters. The number of hydrogen-bond donors (Lipinski definition) is 1. The van der Waals surface area contributed by atoms with Crippen LogP contribution in [0.25, 0.3) is 6.08 Å². The van der Waals surface area contributed by atoms with E-state index < -0.39 is 17.8 Å². The number of hydrogen-bond acceptors (Lipinski definition) is 4. The number of amides is 4. The number of carbonyl (C=O) groups excluding carboxylic acids is 3. The molecule has 0 saturated carbocycles. The SMILES string of the molecule is O=C1NC(=O)N(c2ccccc2)C(=O)/C1=C/c1cc(Cl)c(OCc2ccccc2Cl)c(Cl)c1. The lowest BCUT2D eigenvalue weighted by Gasteiger charge is -2.26. The van der Waals surface area contributed by atoms with E-state index in [4.69, 9.17) is 39.5 Å². The molecule has 1 aliphatic rings. The third-order valence-electron chi connectivity index (χ3n) is 4.78. The second-order valence-electron chi connectivity index (χ2n) is 6.99. The van der Waals surface area contributed by atoms with Crippen molar-refractivity contribution in [1.29, 1.82) is 0 Å². The minimum absolute atomic E-state index is 0.147. The first-order valence-corrected chi connectivity index (χ1v) is 10.8. The van der Waals surface area contributed by atoms with E-state index in [0.717, 1.165) is 10.5 Å². The van der Waals surface area contributed by atoms with Crippen molar-refractivity contribution in [3.05, 3.63) is 98.5 Å². The lowest BCUT2D eigenvalue weighted by molar-refractivity contribution is -0.122. The van der Waals surface area contributed by atoms with Crippen molar-refractivity contribution in [1.82, 2.24) is 5.32 Å². The molecule has 1 aliphatic heterocycles. The maximum absolute atomic E-state index is 13.0. The number of ether oxygens (including phenoxy) is 1. The summed E-state index contributed by atoms with van der Waals surface area (Å²) in [6, 6.07) is 17.7. The standard InChI is InChI=1S/C24H15Cl3N2O4/c25-18-9-5-4-6-15(18)13-33-21-19(26)11-14(12-20(21)27)10-17-22(30)28-24(32)29(23(17)31)16-7-2-1-3-8-16/h1-12H,13H2,(H,28,30,32)/b17-10+. The molecule has 1 saturated heterocycles. The minimum Gasteiger partial charge on any atom is -0.486 e. The van der Waals surface area contributed by atoms with E-state index >= 15 is 0 Å². The fraction of sp³-hybridized carbons (Fsp3) is 0.0417. The highest BCUT2D eigenvalue weighted by atomic mass is 35.5. The van der Waals surface area contributed by atoms with Gasteiger partial charge in [-0.15, -0.1) is 0 Å². The molecular weight excluding hydrogens is 487 g/mol. The Balaban J connectivity index is 1.61. The molecule has 33 heavy (non-hydrogen) atoms. The molecule has 1 fully saturated rings. The Labute approximate surface area is 204 Å². The number of barbiturate groups is 1. The van der Waals surface area contributed by atoms with Crippen molar-refractivity contribution in [3.63, 3.8) is 0 Å². The van der Waals surface area contributed by atoms with Gasteiger partial charge in [0.1, 0.15) is 12.2 Å². The summed E-state index contributed by atoms with van der Waals surface area (Å²) in [5.41, 5.74) is 1.23. The number of urea groups is 1. The summed E-state index contributed by atoms with van der Waals surface area (Å²) in [4.78, 5) is 38.5. The number of para-hydroxylation sites is 1. The fourth-order valence-electron chi connectivity index (χ4n) is 3.20. The molecule has 0 radical (unpaired) electrons. The summed E-state index contributed by atoms with van der Waals surface area (Å²) in [6.07, 6.45) is 1.32. The van der Waals surface area contributed by atoms with Gasteiger partial charge in [0.15, 0.2) is 5.75 Å². The molecule has 9 heteroatoms. The topological polar surface area (TPSA) is 75.7 Å². The van der Waals surface area contributed by atoms with Gasteiger partial charge in [-0.05, 0) is 42.0 Å². The second-order valence-corrected chi connectivity index (χ2v) is 8.21. The summed E-state index contributed by atoms with van der Waals surface area (Å²) in [5.74, 6) is -1.34. The van der Waals surface area contributed by atoms with E-state index in [9.17, 15) is 14.4 Å². The van der Waals surface area contributed by atoms with Crippen LogP contribution in [0.15, 0.2) is 72.3 Å². The predicted octanol–water partition coefficient (Wildman–Crippen LogP) is 5.89. The van der Waals surface area contributed by atoms with Crippen LogP contribution < -0.4 is 15.0 Å². The Morgan fingerprint density at radius 1 is 0.848 bits per heavy atom. The quantitative estimate of drug-likeness (QED) is 0.349. The van der Waals surface area contributed by atoms with E-state index in [1.807, 2.05) is 18.2 Å². The number of rotatable bonds is 5.